The number of alkyl halides is 6. The summed E-state index contributed by atoms with van der Waals surface area (Å²) in [6.45, 7) is 0. The summed E-state index contributed by atoms with van der Waals surface area (Å²) in [7, 11) is 0. The Hall–Kier alpha value is -3.20. The fourth-order valence-corrected chi connectivity index (χ4v) is 7.45. The number of aromatic nitrogens is 2. The summed E-state index contributed by atoms with van der Waals surface area (Å²) in [6, 6.07) is 14.3. The summed E-state index contributed by atoms with van der Waals surface area (Å²) >= 11 is 8.84. The maximum Gasteiger partial charge on any atom is 0.416 e. The Bertz CT molecular complexity index is 1880. The van der Waals surface area contributed by atoms with E-state index in [4.69, 9.17) is 0 Å². The second kappa shape index (κ2) is 11.3. The van der Waals surface area contributed by atoms with Crippen molar-refractivity contribution < 1.29 is 35.1 Å². The van der Waals surface area contributed by atoms with Gasteiger partial charge in [0.1, 0.15) is 11.0 Å². The number of halogens is 10. The lowest BCUT2D eigenvalue weighted by Gasteiger charge is -2.17. The van der Waals surface area contributed by atoms with Gasteiger partial charge < -0.3 is 0 Å². The van der Waals surface area contributed by atoms with Crippen molar-refractivity contribution >= 4 is 65.6 Å². The third kappa shape index (κ3) is 5.68. The van der Waals surface area contributed by atoms with E-state index in [2.05, 4.69) is 41.8 Å². The van der Waals surface area contributed by atoms with Crippen LogP contribution in [0.5, 0.6) is 0 Å². The second-order valence-electron chi connectivity index (χ2n) is 9.35. The van der Waals surface area contributed by atoms with E-state index in [1.165, 1.54) is 0 Å². The molecule has 0 spiro atoms. The van der Waals surface area contributed by atoms with Gasteiger partial charge in [0.2, 0.25) is 0 Å². The molecule has 0 saturated heterocycles. The largest absolute Gasteiger partial charge is 0.416 e. The highest BCUT2D eigenvalue weighted by Crippen LogP contribution is 2.46. The fourth-order valence-electron chi connectivity index (χ4n) is 4.60. The molecular formula is C30H12Br2F8N2S2. The number of nitrogens with zero attached hydrogens (tertiary/aromatic N) is 2. The van der Waals surface area contributed by atoms with Crippen molar-refractivity contribution in [1.82, 2.24) is 9.97 Å². The van der Waals surface area contributed by atoms with Crippen LogP contribution in [0.15, 0.2) is 80.4 Å². The van der Waals surface area contributed by atoms with Gasteiger partial charge in [-0.15, -0.1) is 22.7 Å². The average molecular weight is 776 g/mol. The zero-order valence-electron chi connectivity index (χ0n) is 21.4. The normalized spacial score (nSPS) is 12.3. The van der Waals surface area contributed by atoms with Crippen LogP contribution in [0, 0.1) is 11.6 Å². The van der Waals surface area contributed by atoms with Gasteiger partial charge in [-0.1, -0.05) is 24.3 Å². The van der Waals surface area contributed by atoms with E-state index in [0.29, 0.717) is 17.3 Å². The lowest BCUT2D eigenvalue weighted by molar-refractivity contribution is -0.138. The molecule has 6 rings (SSSR count). The highest BCUT2D eigenvalue weighted by Gasteiger charge is 2.32. The summed E-state index contributed by atoms with van der Waals surface area (Å²) in [4.78, 5) is 9.95. The van der Waals surface area contributed by atoms with Gasteiger partial charge in [-0.05, 0) is 80.4 Å². The second-order valence-corrected chi connectivity index (χ2v) is 14.3. The Morgan fingerprint density at radius 3 is 1.11 bits per heavy atom. The molecule has 0 fully saturated rings. The molecule has 14 heteroatoms. The first-order valence-electron chi connectivity index (χ1n) is 12.3. The lowest BCUT2D eigenvalue weighted by Crippen LogP contribution is -2.06. The number of fused-ring (bicyclic) bond motifs is 1. The van der Waals surface area contributed by atoms with Crippen molar-refractivity contribution in [1.29, 1.82) is 0 Å². The highest BCUT2D eigenvalue weighted by molar-refractivity contribution is 9.11. The van der Waals surface area contributed by atoms with Crippen LogP contribution in [0.4, 0.5) is 35.1 Å². The molecule has 0 aliphatic heterocycles. The molecule has 0 aliphatic carbocycles. The zero-order valence-corrected chi connectivity index (χ0v) is 26.2. The Labute approximate surface area is 268 Å². The minimum absolute atomic E-state index is 0.0350. The topological polar surface area (TPSA) is 25.8 Å². The van der Waals surface area contributed by atoms with Crippen LogP contribution in [-0.4, -0.2) is 9.97 Å². The van der Waals surface area contributed by atoms with E-state index in [-0.39, 0.29) is 44.7 Å². The van der Waals surface area contributed by atoms with Crippen molar-refractivity contribution in [2.24, 2.45) is 0 Å². The third-order valence-electron chi connectivity index (χ3n) is 6.61. The summed E-state index contributed by atoms with van der Waals surface area (Å²) in [6.07, 6.45) is -9.26. The Morgan fingerprint density at radius 2 is 0.841 bits per heavy atom. The molecular weight excluding hydrogens is 764 g/mol. The van der Waals surface area contributed by atoms with Gasteiger partial charge in [0.05, 0.1) is 41.2 Å². The minimum atomic E-state index is -4.63. The molecule has 0 bridgehead atoms. The molecule has 0 unspecified atom stereocenters. The summed E-state index contributed by atoms with van der Waals surface area (Å²) < 4.78 is 113. The molecule has 6 aromatic rings. The molecule has 0 N–H and O–H groups in total. The molecule has 224 valence electrons. The van der Waals surface area contributed by atoms with E-state index in [0.717, 1.165) is 71.2 Å². The predicted octanol–water partition coefficient (Wildman–Crippen LogP) is 12.3. The quantitative estimate of drug-likeness (QED) is 0.167. The van der Waals surface area contributed by atoms with Crippen LogP contribution in [0.3, 0.4) is 0 Å². The van der Waals surface area contributed by atoms with Gasteiger partial charge in [0, 0.05) is 20.9 Å². The molecule has 3 aromatic carbocycles. The molecule has 3 heterocycles. The van der Waals surface area contributed by atoms with Crippen molar-refractivity contribution in [3.05, 3.63) is 103 Å². The van der Waals surface area contributed by atoms with E-state index < -0.39 is 35.1 Å². The van der Waals surface area contributed by atoms with E-state index >= 15 is 8.78 Å². The van der Waals surface area contributed by atoms with Gasteiger partial charge in [0.15, 0.2) is 11.6 Å². The molecule has 2 nitrogen and oxygen atoms in total. The first-order valence-corrected chi connectivity index (χ1v) is 15.5. The zero-order chi connectivity index (χ0) is 31.6. The number of rotatable bonds is 4. The van der Waals surface area contributed by atoms with Gasteiger partial charge in [-0.3, -0.25) is 0 Å². The van der Waals surface area contributed by atoms with Crippen molar-refractivity contribution in [3.63, 3.8) is 0 Å². The monoisotopic (exact) mass is 774 g/mol. The van der Waals surface area contributed by atoms with Crippen LogP contribution in [0.25, 0.3) is 54.4 Å². The van der Waals surface area contributed by atoms with Crippen LogP contribution in [0.1, 0.15) is 11.1 Å². The van der Waals surface area contributed by atoms with E-state index in [9.17, 15) is 26.3 Å². The summed E-state index contributed by atoms with van der Waals surface area (Å²) in [5, 5.41) is 0. The SMILES string of the molecule is Fc1c(F)c(-c2ccc(Br)s2)c2nc(-c3ccc(C(F)(F)F)cc3)c(-c3ccc(C(F)(F)F)cc3)nc2c1-c1ccc(Br)s1. The van der Waals surface area contributed by atoms with Gasteiger partial charge in [-0.25, -0.2) is 18.7 Å². The standard InChI is InChI=1S/C30H12Br2F8N2S2/c31-19-11-9-17(43-19)21-23(33)24(34)22(18-10-12-20(32)44-18)28-27(21)41-25(13-1-5-15(6-2-13)29(35,36)37)26(42-28)14-3-7-16(8-4-14)30(38,39)40/h1-12H. The number of hydrogen-bond acceptors (Lipinski definition) is 4. The molecule has 0 saturated carbocycles. The first-order chi connectivity index (χ1) is 20.7. The maximum atomic E-state index is 16.0. The average Bonchev–Trinajstić information content (AvgIpc) is 3.60. The predicted molar refractivity (Wildman–Crippen MR) is 162 cm³/mol. The molecule has 44 heavy (non-hydrogen) atoms. The maximum absolute atomic E-state index is 16.0. The van der Waals surface area contributed by atoms with Gasteiger partial charge >= 0.3 is 12.4 Å². The summed E-state index contributed by atoms with van der Waals surface area (Å²) in [5.41, 5.74) is -2.27. The number of benzene rings is 3. The van der Waals surface area contributed by atoms with E-state index in [1.807, 2.05) is 0 Å². The minimum Gasteiger partial charge on any atom is -0.243 e. The van der Waals surface area contributed by atoms with Gasteiger partial charge in [-0.2, -0.15) is 26.3 Å². The highest BCUT2D eigenvalue weighted by atomic mass is 79.9. The van der Waals surface area contributed by atoms with Crippen molar-refractivity contribution in [2.45, 2.75) is 12.4 Å². The van der Waals surface area contributed by atoms with Crippen LogP contribution >= 0.6 is 54.5 Å². The molecule has 0 atom stereocenters. The number of thiophene rings is 2. The van der Waals surface area contributed by atoms with Gasteiger partial charge in [0.25, 0.3) is 0 Å². The van der Waals surface area contributed by atoms with E-state index in [1.54, 1.807) is 24.3 Å². The van der Waals surface area contributed by atoms with Crippen LogP contribution in [0.2, 0.25) is 0 Å². The Balaban J connectivity index is 1.73. The smallest absolute Gasteiger partial charge is 0.243 e. The summed E-state index contributed by atoms with van der Waals surface area (Å²) in [5.74, 6) is -2.41. The Morgan fingerprint density at radius 1 is 0.500 bits per heavy atom. The third-order valence-corrected chi connectivity index (χ3v) is 9.89. The molecule has 3 aromatic heterocycles. The first kappa shape index (κ1) is 30.8. The van der Waals surface area contributed by atoms with Crippen molar-refractivity contribution in [3.8, 4) is 43.4 Å². The molecule has 0 radical (unpaired) electrons. The fraction of sp³-hybridized carbons (Fsp3) is 0.0667. The van der Waals surface area contributed by atoms with Crippen molar-refractivity contribution in [2.75, 3.05) is 0 Å². The molecule has 0 amide bonds. The Kier molecular flexibility index (Phi) is 7.92. The lowest BCUT2D eigenvalue weighted by atomic mass is 9.98. The number of hydrogen-bond donors (Lipinski definition) is 0. The van der Waals surface area contributed by atoms with Crippen LogP contribution < -0.4 is 0 Å². The molecule has 0 aliphatic rings. The van der Waals surface area contributed by atoms with Crippen LogP contribution in [-0.2, 0) is 12.4 Å².